The van der Waals surface area contributed by atoms with Crippen molar-refractivity contribution < 1.29 is 9.90 Å². The van der Waals surface area contributed by atoms with Crippen molar-refractivity contribution >= 4 is 34.6 Å². The van der Waals surface area contributed by atoms with E-state index in [1.165, 1.54) is 6.08 Å². The van der Waals surface area contributed by atoms with E-state index in [-0.39, 0.29) is 19.1 Å². The van der Waals surface area contributed by atoms with Crippen molar-refractivity contribution in [2.24, 2.45) is 0 Å². The van der Waals surface area contributed by atoms with Crippen molar-refractivity contribution in [1.82, 2.24) is 5.32 Å². The molecule has 0 atom stereocenters. The average molecular weight is 317 g/mol. The Labute approximate surface area is 102 Å². The van der Waals surface area contributed by atoms with Crippen LogP contribution >= 0.6 is 22.6 Å². The van der Waals surface area contributed by atoms with Gasteiger partial charge in [-0.2, -0.15) is 0 Å². The van der Waals surface area contributed by atoms with Crippen molar-refractivity contribution in [3.05, 3.63) is 39.5 Å². The highest BCUT2D eigenvalue weighted by molar-refractivity contribution is 14.1. The molecule has 0 bridgehead atoms. The summed E-state index contributed by atoms with van der Waals surface area (Å²) in [6.45, 7) is 0.248. The second-order valence-corrected chi connectivity index (χ2v) is 4.03. The van der Waals surface area contributed by atoms with Crippen LogP contribution in [0.5, 0.6) is 0 Å². The molecule has 0 saturated heterocycles. The maximum atomic E-state index is 11.2. The molecular weight excluding hydrogens is 305 g/mol. The lowest BCUT2D eigenvalue weighted by atomic mass is 10.2. The Balaban J connectivity index is 2.58. The highest BCUT2D eigenvalue weighted by Gasteiger charge is 1.95. The molecule has 0 aromatic heterocycles. The molecule has 15 heavy (non-hydrogen) atoms. The summed E-state index contributed by atoms with van der Waals surface area (Å²) in [5, 5.41) is 11.0. The SMILES string of the molecule is O=C(/C=C/c1ccccc1I)NCCO. The van der Waals surface area contributed by atoms with Gasteiger partial charge in [0.15, 0.2) is 0 Å². The molecule has 0 fully saturated rings. The van der Waals surface area contributed by atoms with Crippen molar-refractivity contribution in [2.45, 2.75) is 0 Å². The van der Waals surface area contributed by atoms with E-state index >= 15 is 0 Å². The number of benzene rings is 1. The molecule has 0 aliphatic heterocycles. The molecule has 0 aliphatic carbocycles. The van der Waals surface area contributed by atoms with Crippen LogP contribution in [0.25, 0.3) is 6.08 Å². The van der Waals surface area contributed by atoms with Gasteiger partial charge in [-0.05, 0) is 40.3 Å². The standard InChI is InChI=1S/C11H12INO2/c12-10-4-2-1-3-9(10)5-6-11(15)13-7-8-14/h1-6,14H,7-8H2,(H,13,15)/b6-5+. The molecule has 1 amide bonds. The van der Waals surface area contributed by atoms with Crippen LogP contribution < -0.4 is 5.32 Å². The van der Waals surface area contributed by atoms with E-state index < -0.39 is 0 Å². The molecule has 0 unspecified atom stereocenters. The minimum Gasteiger partial charge on any atom is -0.395 e. The smallest absolute Gasteiger partial charge is 0.244 e. The fourth-order valence-corrected chi connectivity index (χ4v) is 1.58. The number of nitrogens with one attached hydrogen (secondary N) is 1. The summed E-state index contributed by atoms with van der Waals surface area (Å²) < 4.78 is 1.10. The van der Waals surface area contributed by atoms with Gasteiger partial charge in [-0.15, -0.1) is 0 Å². The molecule has 3 nitrogen and oxygen atoms in total. The third-order valence-electron chi connectivity index (χ3n) is 1.73. The van der Waals surface area contributed by atoms with Gasteiger partial charge in [-0.1, -0.05) is 18.2 Å². The number of hydrogen-bond acceptors (Lipinski definition) is 2. The zero-order valence-corrected chi connectivity index (χ0v) is 10.3. The highest BCUT2D eigenvalue weighted by atomic mass is 127. The summed E-state index contributed by atoms with van der Waals surface area (Å²) in [7, 11) is 0. The molecule has 0 radical (unpaired) electrons. The highest BCUT2D eigenvalue weighted by Crippen LogP contribution is 2.12. The van der Waals surface area contributed by atoms with E-state index in [0.717, 1.165) is 9.13 Å². The molecule has 0 heterocycles. The number of carbonyl (C=O) groups is 1. The molecular formula is C11H12INO2. The minimum atomic E-state index is -0.191. The Bertz CT molecular complexity index is 363. The van der Waals surface area contributed by atoms with E-state index in [1.54, 1.807) is 6.08 Å². The van der Waals surface area contributed by atoms with Crippen molar-refractivity contribution in [1.29, 1.82) is 0 Å². The molecule has 0 saturated carbocycles. The van der Waals surface area contributed by atoms with Crippen LogP contribution in [0.2, 0.25) is 0 Å². The number of rotatable bonds is 4. The maximum Gasteiger partial charge on any atom is 0.244 e. The molecule has 1 rings (SSSR count). The maximum absolute atomic E-state index is 11.2. The predicted molar refractivity (Wildman–Crippen MR) is 68.3 cm³/mol. The van der Waals surface area contributed by atoms with Crippen LogP contribution in [0.1, 0.15) is 5.56 Å². The first-order valence-electron chi connectivity index (χ1n) is 4.55. The first-order chi connectivity index (χ1) is 7.24. The van der Waals surface area contributed by atoms with Crippen molar-refractivity contribution in [3.8, 4) is 0 Å². The summed E-state index contributed by atoms with van der Waals surface area (Å²) in [4.78, 5) is 11.2. The monoisotopic (exact) mass is 317 g/mol. The average Bonchev–Trinajstić information content (AvgIpc) is 2.25. The molecule has 80 valence electrons. The van der Waals surface area contributed by atoms with Crippen LogP contribution in [-0.2, 0) is 4.79 Å². The van der Waals surface area contributed by atoms with Gasteiger partial charge in [0.1, 0.15) is 0 Å². The Morgan fingerprint density at radius 1 is 1.47 bits per heavy atom. The second-order valence-electron chi connectivity index (χ2n) is 2.87. The van der Waals surface area contributed by atoms with Gasteiger partial charge in [-0.3, -0.25) is 4.79 Å². The van der Waals surface area contributed by atoms with Crippen LogP contribution in [0.3, 0.4) is 0 Å². The molecule has 4 heteroatoms. The Hall–Kier alpha value is -0.880. The van der Waals surface area contributed by atoms with Crippen molar-refractivity contribution in [2.75, 3.05) is 13.2 Å². The first-order valence-corrected chi connectivity index (χ1v) is 5.63. The molecule has 1 aromatic carbocycles. The topological polar surface area (TPSA) is 49.3 Å². The lowest BCUT2D eigenvalue weighted by Gasteiger charge is -1.98. The fourth-order valence-electron chi connectivity index (χ4n) is 1.01. The van der Waals surface area contributed by atoms with Crippen LogP contribution in [0, 0.1) is 3.57 Å². The summed E-state index contributed by atoms with van der Waals surface area (Å²) >= 11 is 2.21. The summed E-state index contributed by atoms with van der Waals surface area (Å²) in [5.74, 6) is -0.191. The number of amides is 1. The zero-order valence-electron chi connectivity index (χ0n) is 8.11. The minimum absolute atomic E-state index is 0.0392. The molecule has 1 aromatic rings. The number of carbonyl (C=O) groups excluding carboxylic acids is 1. The van der Waals surface area contributed by atoms with Gasteiger partial charge in [0, 0.05) is 16.2 Å². The van der Waals surface area contributed by atoms with E-state index in [0.29, 0.717) is 0 Å². The van der Waals surface area contributed by atoms with Crippen molar-refractivity contribution in [3.63, 3.8) is 0 Å². The van der Waals surface area contributed by atoms with Gasteiger partial charge < -0.3 is 10.4 Å². The number of hydrogen-bond donors (Lipinski definition) is 2. The largest absolute Gasteiger partial charge is 0.395 e. The summed E-state index contributed by atoms with van der Waals surface area (Å²) in [6, 6.07) is 7.79. The van der Waals surface area contributed by atoms with Crippen LogP contribution in [0.15, 0.2) is 30.3 Å². The number of aliphatic hydroxyl groups excluding tert-OH is 1. The second kappa shape index (κ2) is 6.58. The first kappa shape index (κ1) is 12.2. The predicted octanol–water partition coefficient (Wildman–Crippen LogP) is 1.41. The van der Waals surface area contributed by atoms with Gasteiger partial charge in [-0.25, -0.2) is 0 Å². The van der Waals surface area contributed by atoms with Crippen LogP contribution in [0.4, 0.5) is 0 Å². The van der Waals surface area contributed by atoms with Gasteiger partial charge in [0.2, 0.25) is 5.91 Å². The summed E-state index contributed by atoms with van der Waals surface area (Å²) in [6.07, 6.45) is 3.22. The number of aliphatic hydroxyl groups is 1. The van der Waals surface area contributed by atoms with E-state index in [9.17, 15) is 4.79 Å². The molecule has 0 aliphatic rings. The van der Waals surface area contributed by atoms with Gasteiger partial charge in [0.05, 0.1) is 6.61 Å². The quantitative estimate of drug-likeness (QED) is 0.652. The Morgan fingerprint density at radius 2 is 2.20 bits per heavy atom. The molecule has 0 spiro atoms. The van der Waals surface area contributed by atoms with Gasteiger partial charge >= 0.3 is 0 Å². The Kier molecular flexibility index (Phi) is 5.34. The third-order valence-corrected chi connectivity index (χ3v) is 2.71. The molecule has 2 N–H and O–H groups in total. The van der Waals surface area contributed by atoms with Gasteiger partial charge in [0.25, 0.3) is 0 Å². The van der Waals surface area contributed by atoms with E-state index in [1.807, 2.05) is 24.3 Å². The normalized spacial score (nSPS) is 10.5. The zero-order chi connectivity index (χ0) is 11.1. The lowest BCUT2D eigenvalue weighted by Crippen LogP contribution is -2.24. The number of halogens is 1. The Morgan fingerprint density at radius 3 is 2.87 bits per heavy atom. The lowest BCUT2D eigenvalue weighted by molar-refractivity contribution is -0.116. The van der Waals surface area contributed by atoms with E-state index in [2.05, 4.69) is 27.9 Å². The van der Waals surface area contributed by atoms with E-state index in [4.69, 9.17) is 5.11 Å². The fraction of sp³-hybridized carbons (Fsp3) is 0.182. The van der Waals surface area contributed by atoms with Crippen LogP contribution in [-0.4, -0.2) is 24.2 Å². The third kappa shape index (κ3) is 4.44. The summed E-state index contributed by atoms with van der Waals surface area (Å²) in [5.41, 5.74) is 1.01.